The SMILES string of the molecule is Nc1nc2cc(Br)c(F)cc2n1CC1CCOCC1. The molecule has 0 unspecified atom stereocenters. The minimum atomic E-state index is -0.291. The van der Waals surface area contributed by atoms with Crippen molar-refractivity contribution in [2.24, 2.45) is 5.92 Å². The summed E-state index contributed by atoms with van der Waals surface area (Å²) in [5, 5.41) is 0. The van der Waals surface area contributed by atoms with Gasteiger partial charge in [-0.3, -0.25) is 0 Å². The Labute approximate surface area is 118 Å². The van der Waals surface area contributed by atoms with Gasteiger partial charge in [0.1, 0.15) is 5.82 Å². The summed E-state index contributed by atoms with van der Waals surface area (Å²) in [6, 6.07) is 3.16. The Hall–Kier alpha value is -1.14. The molecule has 0 atom stereocenters. The van der Waals surface area contributed by atoms with E-state index in [0.717, 1.165) is 43.6 Å². The molecule has 1 aliphatic rings. The number of anilines is 1. The molecule has 0 aliphatic carbocycles. The molecule has 6 heteroatoms. The number of nitrogens with two attached hydrogens (primary N) is 1. The molecule has 4 nitrogen and oxygen atoms in total. The van der Waals surface area contributed by atoms with Gasteiger partial charge in [-0.1, -0.05) is 0 Å². The molecule has 1 aromatic carbocycles. The number of benzene rings is 1. The number of halogens is 2. The maximum absolute atomic E-state index is 13.7. The number of ether oxygens (including phenoxy) is 1. The third-order valence-electron chi connectivity index (χ3n) is 3.60. The summed E-state index contributed by atoms with van der Waals surface area (Å²) >= 11 is 3.17. The maximum atomic E-state index is 13.7. The molecule has 0 saturated carbocycles. The van der Waals surface area contributed by atoms with Crippen LogP contribution < -0.4 is 5.73 Å². The second-order valence-corrected chi connectivity index (χ2v) is 5.75. The van der Waals surface area contributed by atoms with Crippen LogP contribution in [0.5, 0.6) is 0 Å². The van der Waals surface area contributed by atoms with Crippen molar-refractivity contribution in [1.82, 2.24) is 9.55 Å². The Bertz CT molecular complexity index is 607. The molecule has 2 aromatic rings. The predicted octanol–water partition coefficient (Wildman–Crippen LogP) is 2.95. The van der Waals surface area contributed by atoms with E-state index in [-0.39, 0.29) is 5.82 Å². The minimum Gasteiger partial charge on any atom is -0.381 e. The van der Waals surface area contributed by atoms with Crippen molar-refractivity contribution >= 4 is 32.9 Å². The number of nitrogens with zero attached hydrogens (tertiary/aromatic N) is 2. The zero-order valence-corrected chi connectivity index (χ0v) is 12.0. The molecule has 0 bridgehead atoms. The number of rotatable bonds is 2. The molecule has 1 aliphatic heterocycles. The lowest BCUT2D eigenvalue weighted by Gasteiger charge is -2.23. The van der Waals surface area contributed by atoms with Crippen LogP contribution in [0.4, 0.5) is 10.3 Å². The molecule has 2 N–H and O–H groups in total. The normalized spacial score (nSPS) is 17.2. The molecule has 0 amide bonds. The Morgan fingerprint density at radius 2 is 2.16 bits per heavy atom. The average molecular weight is 328 g/mol. The van der Waals surface area contributed by atoms with Crippen LogP contribution in [0.3, 0.4) is 0 Å². The van der Waals surface area contributed by atoms with Crippen LogP contribution in [0.2, 0.25) is 0 Å². The van der Waals surface area contributed by atoms with Gasteiger partial charge in [0.05, 0.1) is 15.5 Å². The van der Waals surface area contributed by atoms with Crippen LogP contribution >= 0.6 is 15.9 Å². The third-order valence-corrected chi connectivity index (χ3v) is 4.21. The van der Waals surface area contributed by atoms with E-state index in [1.54, 1.807) is 6.07 Å². The van der Waals surface area contributed by atoms with Crippen LogP contribution in [0.1, 0.15) is 12.8 Å². The highest BCUT2D eigenvalue weighted by Crippen LogP contribution is 2.27. The van der Waals surface area contributed by atoms with Gasteiger partial charge in [-0.15, -0.1) is 0 Å². The van der Waals surface area contributed by atoms with E-state index in [1.165, 1.54) is 6.07 Å². The first-order valence-electron chi connectivity index (χ1n) is 6.33. The van der Waals surface area contributed by atoms with Crippen LogP contribution in [0, 0.1) is 11.7 Å². The first-order valence-corrected chi connectivity index (χ1v) is 7.13. The number of aromatic nitrogens is 2. The fourth-order valence-corrected chi connectivity index (χ4v) is 2.85. The standard InChI is InChI=1S/C13H15BrFN3O/c14-9-5-11-12(6-10(9)15)18(13(16)17-11)7-8-1-3-19-4-2-8/h5-6,8H,1-4,7H2,(H2,16,17). The molecule has 19 heavy (non-hydrogen) atoms. The molecular formula is C13H15BrFN3O. The highest BCUT2D eigenvalue weighted by molar-refractivity contribution is 9.10. The fourth-order valence-electron chi connectivity index (χ4n) is 2.52. The maximum Gasteiger partial charge on any atom is 0.201 e. The summed E-state index contributed by atoms with van der Waals surface area (Å²) in [5.74, 6) is 0.666. The quantitative estimate of drug-likeness (QED) is 0.922. The lowest BCUT2D eigenvalue weighted by Crippen LogP contribution is -2.21. The van der Waals surface area contributed by atoms with Gasteiger partial charge >= 0.3 is 0 Å². The van der Waals surface area contributed by atoms with Crippen molar-refractivity contribution in [3.05, 3.63) is 22.4 Å². The van der Waals surface area contributed by atoms with Crippen LogP contribution in [-0.2, 0) is 11.3 Å². The predicted molar refractivity (Wildman–Crippen MR) is 75.3 cm³/mol. The van der Waals surface area contributed by atoms with Gasteiger partial charge in [0.25, 0.3) is 0 Å². The van der Waals surface area contributed by atoms with Gasteiger partial charge < -0.3 is 15.0 Å². The first-order chi connectivity index (χ1) is 9.15. The van der Waals surface area contributed by atoms with Gasteiger partial charge in [0, 0.05) is 25.8 Å². The van der Waals surface area contributed by atoms with Crippen molar-refractivity contribution in [2.75, 3.05) is 18.9 Å². The van der Waals surface area contributed by atoms with Gasteiger partial charge in [0.15, 0.2) is 0 Å². The van der Waals surface area contributed by atoms with E-state index in [9.17, 15) is 4.39 Å². The molecule has 0 spiro atoms. The molecule has 1 saturated heterocycles. The smallest absolute Gasteiger partial charge is 0.201 e. The second kappa shape index (κ2) is 5.09. The zero-order valence-electron chi connectivity index (χ0n) is 10.4. The molecule has 1 fully saturated rings. The number of nitrogen functional groups attached to an aromatic ring is 1. The molecule has 0 radical (unpaired) electrons. The highest BCUT2D eigenvalue weighted by Gasteiger charge is 2.18. The van der Waals surface area contributed by atoms with Crippen LogP contribution in [0.15, 0.2) is 16.6 Å². The monoisotopic (exact) mass is 327 g/mol. The number of hydrogen-bond donors (Lipinski definition) is 1. The average Bonchev–Trinajstić information content (AvgIpc) is 2.68. The zero-order chi connectivity index (χ0) is 13.4. The van der Waals surface area contributed by atoms with Crippen molar-refractivity contribution in [1.29, 1.82) is 0 Å². The Kier molecular flexibility index (Phi) is 3.45. The Morgan fingerprint density at radius 1 is 1.42 bits per heavy atom. The van der Waals surface area contributed by atoms with Crippen LogP contribution in [-0.4, -0.2) is 22.8 Å². The summed E-state index contributed by atoms with van der Waals surface area (Å²) in [5.41, 5.74) is 7.43. The van der Waals surface area contributed by atoms with E-state index >= 15 is 0 Å². The summed E-state index contributed by atoms with van der Waals surface area (Å²) in [6.45, 7) is 2.35. The van der Waals surface area contributed by atoms with Gasteiger partial charge in [-0.25, -0.2) is 9.37 Å². The lowest BCUT2D eigenvalue weighted by molar-refractivity contribution is 0.0617. The van der Waals surface area contributed by atoms with Crippen molar-refractivity contribution in [3.8, 4) is 0 Å². The van der Waals surface area contributed by atoms with Crippen molar-refractivity contribution in [2.45, 2.75) is 19.4 Å². The van der Waals surface area contributed by atoms with Crippen LogP contribution in [0.25, 0.3) is 11.0 Å². The fraction of sp³-hybridized carbons (Fsp3) is 0.462. The van der Waals surface area contributed by atoms with E-state index < -0.39 is 0 Å². The second-order valence-electron chi connectivity index (χ2n) is 4.89. The van der Waals surface area contributed by atoms with Crippen molar-refractivity contribution in [3.63, 3.8) is 0 Å². The van der Waals surface area contributed by atoms with E-state index in [1.807, 2.05) is 4.57 Å². The minimum absolute atomic E-state index is 0.291. The van der Waals surface area contributed by atoms with E-state index in [4.69, 9.17) is 10.5 Å². The largest absolute Gasteiger partial charge is 0.381 e. The van der Waals surface area contributed by atoms with E-state index in [2.05, 4.69) is 20.9 Å². The first kappa shape index (κ1) is 12.9. The Morgan fingerprint density at radius 3 is 2.89 bits per heavy atom. The summed E-state index contributed by atoms with van der Waals surface area (Å²) in [7, 11) is 0. The molecule has 102 valence electrons. The summed E-state index contributed by atoms with van der Waals surface area (Å²) in [6.07, 6.45) is 2.02. The number of imidazole rings is 1. The number of fused-ring (bicyclic) bond motifs is 1. The molecule has 2 heterocycles. The van der Waals surface area contributed by atoms with E-state index in [0.29, 0.717) is 16.3 Å². The molecule has 1 aromatic heterocycles. The van der Waals surface area contributed by atoms with Gasteiger partial charge in [-0.05, 0) is 40.8 Å². The summed E-state index contributed by atoms with van der Waals surface area (Å²) in [4.78, 5) is 4.29. The van der Waals surface area contributed by atoms with Gasteiger partial charge in [-0.2, -0.15) is 0 Å². The molecule has 3 rings (SSSR count). The van der Waals surface area contributed by atoms with Gasteiger partial charge in [0.2, 0.25) is 5.95 Å². The lowest BCUT2D eigenvalue weighted by atomic mass is 10.0. The number of hydrogen-bond acceptors (Lipinski definition) is 3. The highest BCUT2D eigenvalue weighted by atomic mass is 79.9. The van der Waals surface area contributed by atoms with Crippen molar-refractivity contribution < 1.29 is 9.13 Å². The molecular weight excluding hydrogens is 313 g/mol. The third kappa shape index (κ3) is 2.47. The topological polar surface area (TPSA) is 53.1 Å². The Balaban J connectivity index is 1.97. The summed E-state index contributed by atoms with van der Waals surface area (Å²) < 4.78 is 21.3.